The number of nitrogens with zero attached hydrogens (tertiary/aromatic N) is 1. The lowest BCUT2D eigenvalue weighted by molar-refractivity contribution is -0.136. The first-order chi connectivity index (χ1) is 15.0. The summed E-state index contributed by atoms with van der Waals surface area (Å²) in [5.74, 6) is 2.21. The number of benzene rings is 2. The molecule has 31 heavy (non-hydrogen) atoms. The average Bonchev–Trinajstić information content (AvgIpc) is 3.46. The van der Waals surface area contributed by atoms with Crippen molar-refractivity contribution in [2.75, 3.05) is 6.61 Å². The molecule has 160 valence electrons. The third-order valence-corrected chi connectivity index (χ3v) is 7.11. The lowest BCUT2D eigenvalue weighted by Crippen LogP contribution is -2.18. The summed E-state index contributed by atoms with van der Waals surface area (Å²) in [5, 5.41) is 9.98. The van der Waals surface area contributed by atoms with Crippen molar-refractivity contribution in [2.24, 2.45) is 17.8 Å². The summed E-state index contributed by atoms with van der Waals surface area (Å²) in [6.07, 6.45) is 5.35. The van der Waals surface area contributed by atoms with E-state index in [9.17, 15) is 14.7 Å². The van der Waals surface area contributed by atoms with E-state index in [4.69, 9.17) is 4.74 Å². The van der Waals surface area contributed by atoms with Crippen LogP contribution in [0.5, 0.6) is 5.75 Å². The zero-order valence-corrected chi connectivity index (χ0v) is 17.7. The number of carbonyl (C=O) groups is 2. The number of hydrogen-bond acceptors (Lipinski definition) is 3. The standard InChI is InChI=1S/C26H27NO4/c1-16-11-23-20(14-25(28)29)3-2-4-24(23)27(16)26(30)18-7-9-22(10-8-18)31-15-21-13-17-5-6-19(21)12-17/h2-4,7-11,17,19,21H,5-6,12-15H2,1H3,(H,28,29). The van der Waals surface area contributed by atoms with E-state index in [-0.39, 0.29) is 12.3 Å². The van der Waals surface area contributed by atoms with Crippen molar-refractivity contribution in [3.63, 3.8) is 0 Å². The zero-order valence-electron chi connectivity index (χ0n) is 17.7. The van der Waals surface area contributed by atoms with Crippen molar-refractivity contribution >= 4 is 22.8 Å². The number of aliphatic carboxylic acids is 1. The van der Waals surface area contributed by atoms with Gasteiger partial charge in [0, 0.05) is 16.6 Å². The third kappa shape index (κ3) is 3.73. The van der Waals surface area contributed by atoms with Crippen LogP contribution in [-0.2, 0) is 11.2 Å². The monoisotopic (exact) mass is 417 g/mol. The molecule has 0 radical (unpaired) electrons. The molecule has 2 fully saturated rings. The summed E-state index contributed by atoms with van der Waals surface area (Å²) in [6.45, 7) is 2.64. The quantitative estimate of drug-likeness (QED) is 0.607. The van der Waals surface area contributed by atoms with Gasteiger partial charge < -0.3 is 9.84 Å². The first-order valence-electron chi connectivity index (χ1n) is 11.1. The minimum absolute atomic E-state index is 0.0659. The number of aromatic nitrogens is 1. The average molecular weight is 418 g/mol. The molecule has 1 aromatic heterocycles. The highest BCUT2D eigenvalue weighted by molar-refractivity contribution is 6.04. The second kappa shape index (κ2) is 7.88. The molecule has 5 nitrogen and oxygen atoms in total. The minimum Gasteiger partial charge on any atom is -0.493 e. The van der Waals surface area contributed by atoms with Gasteiger partial charge in [-0.2, -0.15) is 0 Å². The minimum atomic E-state index is -0.884. The molecule has 2 saturated carbocycles. The molecule has 0 saturated heterocycles. The molecule has 2 aliphatic rings. The highest BCUT2D eigenvalue weighted by atomic mass is 16.5. The Bertz CT molecular complexity index is 1140. The maximum Gasteiger partial charge on any atom is 0.307 e. The van der Waals surface area contributed by atoms with Crippen molar-refractivity contribution < 1.29 is 19.4 Å². The molecule has 2 bridgehead atoms. The van der Waals surface area contributed by atoms with Crippen LogP contribution in [0, 0.1) is 24.7 Å². The summed E-state index contributed by atoms with van der Waals surface area (Å²) in [4.78, 5) is 24.4. The van der Waals surface area contributed by atoms with E-state index < -0.39 is 5.97 Å². The predicted molar refractivity (Wildman–Crippen MR) is 119 cm³/mol. The summed E-state index contributed by atoms with van der Waals surface area (Å²) >= 11 is 0. The number of aryl methyl sites for hydroxylation is 1. The summed E-state index contributed by atoms with van der Waals surface area (Å²) < 4.78 is 7.70. The number of rotatable bonds is 6. The first-order valence-corrected chi connectivity index (χ1v) is 11.1. The molecule has 2 aromatic carbocycles. The second-order valence-electron chi connectivity index (χ2n) is 9.12. The van der Waals surface area contributed by atoms with Crippen molar-refractivity contribution in [1.29, 1.82) is 0 Å². The molecule has 1 N–H and O–H groups in total. The SMILES string of the molecule is Cc1cc2c(CC(=O)O)cccc2n1C(=O)c1ccc(OCC2CC3CCC2C3)cc1. The van der Waals surface area contributed by atoms with Crippen molar-refractivity contribution in [2.45, 2.75) is 39.0 Å². The number of carbonyl (C=O) groups excluding carboxylic acids is 1. The molecule has 3 aromatic rings. The number of carboxylic acid groups (broad SMARTS) is 1. The van der Waals surface area contributed by atoms with Gasteiger partial charge in [0.15, 0.2) is 0 Å². The van der Waals surface area contributed by atoms with Crippen molar-refractivity contribution in [1.82, 2.24) is 4.57 Å². The molecule has 5 rings (SSSR count). The largest absolute Gasteiger partial charge is 0.493 e. The fourth-order valence-electron chi connectivity index (χ4n) is 5.62. The van der Waals surface area contributed by atoms with Gasteiger partial charge >= 0.3 is 5.97 Å². The molecule has 0 amide bonds. The highest BCUT2D eigenvalue weighted by Gasteiger charge is 2.39. The Kier molecular flexibility index (Phi) is 5.05. The van der Waals surface area contributed by atoms with Crippen LogP contribution in [0.15, 0.2) is 48.5 Å². The Hall–Kier alpha value is -3.08. The van der Waals surface area contributed by atoms with Gasteiger partial charge in [-0.1, -0.05) is 18.6 Å². The van der Waals surface area contributed by atoms with E-state index in [1.165, 1.54) is 25.7 Å². The van der Waals surface area contributed by atoms with Crippen LogP contribution in [-0.4, -0.2) is 28.2 Å². The first kappa shape index (κ1) is 19.9. The summed E-state index contributed by atoms with van der Waals surface area (Å²) in [7, 11) is 0. The van der Waals surface area contributed by atoms with Gasteiger partial charge in [-0.05, 0) is 85.9 Å². The van der Waals surface area contributed by atoms with Crippen molar-refractivity contribution in [3.8, 4) is 5.75 Å². The van der Waals surface area contributed by atoms with Gasteiger partial charge in [0.1, 0.15) is 5.75 Å². The zero-order chi connectivity index (χ0) is 21.5. The van der Waals surface area contributed by atoms with Crippen LogP contribution in [0.4, 0.5) is 0 Å². The number of ether oxygens (including phenoxy) is 1. The van der Waals surface area contributed by atoms with E-state index in [1.807, 2.05) is 43.3 Å². The Labute approximate surface area is 181 Å². The van der Waals surface area contributed by atoms with Crippen LogP contribution in [0.1, 0.15) is 47.3 Å². The molecular formula is C26H27NO4. The maximum absolute atomic E-state index is 13.2. The van der Waals surface area contributed by atoms with E-state index >= 15 is 0 Å². The van der Waals surface area contributed by atoms with Gasteiger partial charge in [0.2, 0.25) is 0 Å². The number of carboxylic acids is 1. The summed E-state index contributed by atoms with van der Waals surface area (Å²) in [5.41, 5.74) is 2.81. The third-order valence-electron chi connectivity index (χ3n) is 7.11. The van der Waals surface area contributed by atoms with Gasteiger partial charge in [0.25, 0.3) is 5.91 Å². The van der Waals surface area contributed by atoms with Crippen LogP contribution in [0.2, 0.25) is 0 Å². The fraction of sp³-hybridized carbons (Fsp3) is 0.385. The molecule has 0 spiro atoms. The molecule has 1 heterocycles. The Morgan fingerprint density at radius 2 is 1.90 bits per heavy atom. The predicted octanol–water partition coefficient (Wildman–Crippen LogP) is 5.08. The normalized spacial score (nSPS) is 22.2. The molecule has 2 aliphatic carbocycles. The van der Waals surface area contributed by atoms with E-state index in [2.05, 4.69) is 0 Å². The molecule has 3 unspecified atom stereocenters. The Balaban J connectivity index is 1.33. The van der Waals surface area contributed by atoms with Gasteiger partial charge in [-0.25, -0.2) is 0 Å². The van der Waals surface area contributed by atoms with Crippen LogP contribution in [0.3, 0.4) is 0 Å². The smallest absolute Gasteiger partial charge is 0.307 e. The fourth-order valence-corrected chi connectivity index (χ4v) is 5.62. The number of fused-ring (bicyclic) bond motifs is 3. The topological polar surface area (TPSA) is 68.5 Å². The maximum atomic E-state index is 13.2. The van der Waals surface area contributed by atoms with E-state index in [0.29, 0.717) is 17.0 Å². The highest BCUT2D eigenvalue weighted by Crippen LogP contribution is 2.48. The molecule has 0 aliphatic heterocycles. The lowest BCUT2D eigenvalue weighted by Gasteiger charge is -2.21. The second-order valence-corrected chi connectivity index (χ2v) is 9.12. The lowest BCUT2D eigenvalue weighted by atomic mass is 9.89. The van der Waals surface area contributed by atoms with Gasteiger partial charge in [-0.15, -0.1) is 0 Å². The molecule has 3 atom stereocenters. The Morgan fingerprint density at radius 3 is 2.58 bits per heavy atom. The van der Waals surface area contributed by atoms with Crippen LogP contribution < -0.4 is 4.74 Å². The molecular weight excluding hydrogens is 390 g/mol. The van der Waals surface area contributed by atoms with Gasteiger partial charge in [0.05, 0.1) is 18.5 Å². The van der Waals surface area contributed by atoms with Crippen LogP contribution >= 0.6 is 0 Å². The van der Waals surface area contributed by atoms with Gasteiger partial charge in [-0.3, -0.25) is 14.2 Å². The number of hydrogen-bond donors (Lipinski definition) is 1. The molecule has 5 heteroatoms. The Morgan fingerprint density at radius 1 is 1.10 bits per heavy atom. The van der Waals surface area contributed by atoms with E-state index in [1.54, 1.807) is 16.7 Å². The van der Waals surface area contributed by atoms with E-state index in [0.717, 1.165) is 40.8 Å². The summed E-state index contributed by atoms with van der Waals surface area (Å²) in [6, 6.07) is 14.7. The van der Waals surface area contributed by atoms with Crippen LogP contribution in [0.25, 0.3) is 10.9 Å². The van der Waals surface area contributed by atoms with Crippen molar-refractivity contribution in [3.05, 3.63) is 65.4 Å².